The summed E-state index contributed by atoms with van der Waals surface area (Å²) >= 11 is 0. The van der Waals surface area contributed by atoms with E-state index in [1.807, 2.05) is 44.2 Å². The van der Waals surface area contributed by atoms with Crippen LogP contribution in [0.25, 0.3) is 0 Å². The van der Waals surface area contributed by atoms with Crippen LogP contribution in [0.1, 0.15) is 26.7 Å². The first-order chi connectivity index (χ1) is 12.1. The third kappa shape index (κ3) is 5.64. The van der Waals surface area contributed by atoms with Crippen LogP contribution in [0.2, 0.25) is 0 Å². The van der Waals surface area contributed by atoms with Crippen molar-refractivity contribution in [2.75, 3.05) is 18.4 Å². The fourth-order valence-electron chi connectivity index (χ4n) is 2.41. The number of hydrogen-bond donors (Lipinski definition) is 1. The molecule has 0 atom stereocenters. The largest absolute Gasteiger partial charge is 0.457 e. The van der Waals surface area contributed by atoms with Crippen molar-refractivity contribution in [3.05, 3.63) is 54.6 Å². The van der Waals surface area contributed by atoms with Gasteiger partial charge in [-0.05, 0) is 49.2 Å². The third-order valence-electron chi connectivity index (χ3n) is 3.56. The number of anilines is 1. The van der Waals surface area contributed by atoms with Crippen molar-refractivity contribution in [1.29, 1.82) is 0 Å². The first-order valence-corrected chi connectivity index (χ1v) is 8.57. The van der Waals surface area contributed by atoms with Gasteiger partial charge in [0.15, 0.2) is 0 Å². The van der Waals surface area contributed by atoms with E-state index in [1.165, 1.54) is 0 Å². The maximum Gasteiger partial charge on any atom is 0.313 e. The Bertz CT molecular complexity index is 678. The zero-order chi connectivity index (χ0) is 18.1. The minimum atomic E-state index is -0.612. The molecule has 2 aromatic carbocycles. The number of para-hydroxylation sites is 1. The molecule has 0 spiro atoms. The SMILES string of the molecule is CCCN(CCC)C(=O)C(=O)Nc1ccc(Oc2ccccc2)cc1. The van der Waals surface area contributed by atoms with Gasteiger partial charge in [0, 0.05) is 18.8 Å². The molecule has 2 aromatic rings. The molecule has 2 rings (SSSR count). The van der Waals surface area contributed by atoms with Gasteiger partial charge in [0.05, 0.1) is 0 Å². The molecule has 25 heavy (non-hydrogen) atoms. The summed E-state index contributed by atoms with van der Waals surface area (Å²) in [4.78, 5) is 26.0. The lowest BCUT2D eigenvalue weighted by Gasteiger charge is -2.20. The number of nitrogens with one attached hydrogen (secondary N) is 1. The van der Waals surface area contributed by atoms with Crippen LogP contribution >= 0.6 is 0 Å². The predicted molar refractivity (Wildman–Crippen MR) is 98.7 cm³/mol. The van der Waals surface area contributed by atoms with Crippen LogP contribution in [0, 0.1) is 0 Å². The molecule has 0 unspecified atom stereocenters. The molecule has 1 N–H and O–H groups in total. The van der Waals surface area contributed by atoms with Gasteiger partial charge in [0.2, 0.25) is 0 Å². The Labute approximate surface area is 148 Å². The second kappa shape index (κ2) is 9.47. The van der Waals surface area contributed by atoms with Gasteiger partial charge in [-0.15, -0.1) is 0 Å². The van der Waals surface area contributed by atoms with Gasteiger partial charge < -0.3 is 15.0 Å². The van der Waals surface area contributed by atoms with E-state index >= 15 is 0 Å². The van der Waals surface area contributed by atoms with Crippen LogP contribution in [0.3, 0.4) is 0 Å². The lowest BCUT2D eigenvalue weighted by Crippen LogP contribution is -2.40. The molecule has 0 fully saturated rings. The molecule has 5 heteroatoms. The number of ether oxygens (including phenoxy) is 1. The molecule has 0 aromatic heterocycles. The van der Waals surface area contributed by atoms with Crippen LogP contribution in [-0.2, 0) is 9.59 Å². The summed E-state index contributed by atoms with van der Waals surface area (Å²) in [5.74, 6) is 0.297. The number of nitrogens with zero attached hydrogens (tertiary/aromatic N) is 1. The van der Waals surface area contributed by atoms with Gasteiger partial charge in [0.1, 0.15) is 11.5 Å². The Morgan fingerprint density at radius 2 is 1.44 bits per heavy atom. The maximum absolute atomic E-state index is 12.2. The van der Waals surface area contributed by atoms with Crippen molar-refractivity contribution in [2.24, 2.45) is 0 Å². The van der Waals surface area contributed by atoms with Gasteiger partial charge in [-0.3, -0.25) is 9.59 Å². The molecule has 5 nitrogen and oxygen atoms in total. The van der Waals surface area contributed by atoms with Gasteiger partial charge in [-0.2, -0.15) is 0 Å². The average molecular weight is 340 g/mol. The predicted octanol–water partition coefficient (Wildman–Crippen LogP) is 4.07. The molecule has 0 aliphatic heterocycles. The highest BCUT2D eigenvalue weighted by Crippen LogP contribution is 2.22. The minimum absolute atomic E-state index is 0.492. The summed E-state index contributed by atoms with van der Waals surface area (Å²) in [5, 5.41) is 2.64. The zero-order valence-corrected chi connectivity index (χ0v) is 14.7. The van der Waals surface area contributed by atoms with E-state index in [9.17, 15) is 9.59 Å². The molecule has 0 saturated carbocycles. The highest BCUT2D eigenvalue weighted by atomic mass is 16.5. The number of rotatable bonds is 7. The summed E-state index contributed by atoms with van der Waals surface area (Å²) in [5.41, 5.74) is 0.562. The fourth-order valence-corrected chi connectivity index (χ4v) is 2.41. The van der Waals surface area contributed by atoms with Crippen molar-refractivity contribution < 1.29 is 14.3 Å². The second-order valence-electron chi connectivity index (χ2n) is 5.69. The summed E-state index contributed by atoms with van der Waals surface area (Å²) in [7, 11) is 0. The Hall–Kier alpha value is -2.82. The van der Waals surface area contributed by atoms with Gasteiger partial charge >= 0.3 is 11.8 Å². The van der Waals surface area contributed by atoms with Gasteiger partial charge in [-0.25, -0.2) is 0 Å². The van der Waals surface area contributed by atoms with Gasteiger partial charge in [0.25, 0.3) is 0 Å². The molecule has 0 radical (unpaired) electrons. The van der Waals surface area contributed by atoms with E-state index in [0.29, 0.717) is 24.5 Å². The van der Waals surface area contributed by atoms with Gasteiger partial charge in [-0.1, -0.05) is 32.0 Å². The normalized spacial score (nSPS) is 10.2. The van der Waals surface area contributed by atoms with Crippen LogP contribution in [0.4, 0.5) is 5.69 Å². The Morgan fingerprint density at radius 1 is 0.880 bits per heavy atom. The molecule has 132 valence electrons. The monoisotopic (exact) mass is 340 g/mol. The standard InChI is InChI=1S/C20H24N2O3/c1-3-14-22(15-4-2)20(24)19(23)21-16-10-12-18(13-11-16)25-17-8-6-5-7-9-17/h5-13H,3-4,14-15H2,1-2H3,(H,21,23). The maximum atomic E-state index is 12.2. The van der Waals surface area contributed by atoms with Crippen molar-refractivity contribution in [3.8, 4) is 11.5 Å². The highest BCUT2D eigenvalue weighted by molar-refractivity contribution is 6.39. The van der Waals surface area contributed by atoms with Crippen molar-refractivity contribution in [2.45, 2.75) is 26.7 Å². The summed E-state index contributed by atoms with van der Waals surface area (Å²) in [6, 6.07) is 16.4. The number of hydrogen-bond acceptors (Lipinski definition) is 3. The topological polar surface area (TPSA) is 58.6 Å². The van der Waals surface area contributed by atoms with Crippen molar-refractivity contribution >= 4 is 17.5 Å². The van der Waals surface area contributed by atoms with Crippen LogP contribution in [-0.4, -0.2) is 29.8 Å². The summed E-state index contributed by atoms with van der Waals surface area (Å²) in [6.45, 7) is 5.15. The van der Waals surface area contributed by atoms with E-state index in [1.54, 1.807) is 29.2 Å². The molecule has 0 aliphatic rings. The number of carbonyl (C=O) groups is 2. The van der Waals surface area contributed by atoms with Crippen LogP contribution in [0.15, 0.2) is 54.6 Å². The average Bonchev–Trinajstić information content (AvgIpc) is 2.63. The Balaban J connectivity index is 1.95. The summed E-state index contributed by atoms with van der Waals surface area (Å²) < 4.78 is 5.70. The van der Waals surface area contributed by atoms with Crippen LogP contribution < -0.4 is 10.1 Å². The Morgan fingerprint density at radius 3 is 2.00 bits per heavy atom. The quantitative estimate of drug-likeness (QED) is 0.773. The van der Waals surface area contributed by atoms with E-state index in [-0.39, 0.29) is 0 Å². The smallest absolute Gasteiger partial charge is 0.313 e. The van der Waals surface area contributed by atoms with Crippen molar-refractivity contribution in [3.63, 3.8) is 0 Å². The van der Waals surface area contributed by atoms with E-state index < -0.39 is 11.8 Å². The van der Waals surface area contributed by atoms with Crippen molar-refractivity contribution in [1.82, 2.24) is 4.90 Å². The summed E-state index contributed by atoms with van der Waals surface area (Å²) in [6.07, 6.45) is 1.65. The highest BCUT2D eigenvalue weighted by Gasteiger charge is 2.20. The molecule has 0 aliphatic carbocycles. The van der Waals surface area contributed by atoms with E-state index in [0.717, 1.165) is 18.6 Å². The molecular formula is C20H24N2O3. The number of amides is 2. The number of benzene rings is 2. The van der Waals surface area contributed by atoms with Crippen LogP contribution in [0.5, 0.6) is 11.5 Å². The number of carbonyl (C=O) groups excluding carboxylic acids is 2. The lowest BCUT2D eigenvalue weighted by molar-refractivity contribution is -0.143. The minimum Gasteiger partial charge on any atom is -0.457 e. The molecule has 0 bridgehead atoms. The van der Waals surface area contributed by atoms with E-state index in [4.69, 9.17) is 4.74 Å². The second-order valence-corrected chi connectivity index (χ2v) is 5.69. The lowest BCUT2D eigenvalue weighted by atomic mass is 10.3. The van der Waals surface area contributed by atoms with E-state index in [2.05, 4.69) is 5.32 Å². The zero-order valence-electron chi connectivity index (χ0n) is 14.7. The molecular weight excluding hydrogens is 316 g/mol. The molecule has 0 saturated heterocycles. The first kappa shape index (κ1) is 18.5. The molecule has 0 heterocycles. The molecule has 2 amide bonds. The Kier molecular flexibility index (Phi) is 7.01. The first-order valence-electron chi connectivity index (χ1n) is 8.57. The fraction of sp³-hybridized carbons (Fsp3) is 0.300. The third-order valence-corrected chi connectivity index (χ3v) is 3.56.